The van der Waals surface area contributed by atoms with E-state index in [1.807, 2.05) is 0 Å². The molecule has 86 valence electrons. The van der Waals surface area contributed by atoms with Gasteiger partial charge in [0.1, 0.15) is 5.75 Å². The number of carbonyl (C=O) groups excluding carboxylic acids is 1. The van der Waals surface area contributed by atoms with Crippen molar-refractivity contribution < 1.29 is 9.90 Å². The zero-order chi connectivity index (χ0) is 12.3. The third-order valence-electron chi connectivity index (χ3n) is 2.24. The predicted molar refractivity (Wildman–Crippen MR) is 64.5 cm³/mol. The molecule has 0 spiro atoms. The molecule has 0 aliphatic rings. The van der Waals surface area contributed by atoms with Crippen LogP contribution in [0.15, 0.2) is 30.9 Å². The smallest absolute Gasteiger partial charge is 0.244 e. The minimum Gasteiger partial charge on any atom is -0.508 e. The number of carbonyl (C=O) groups is 1. The predicted octanol–water partition coefficient (Wildman–Crippen LogP) is 2.58. The average molecular weight is 240 g/mol. The van der Waals surface area contributed by atoms with Crippen LogP contribution in [0.1, 0.15) is 19.4 Å². The van der Waals surface area contributed by atoms with Gasteiger partial charge >= 0.3 is 0 Å². The van der Waals surface area contributed by atoms with Crippen LogP contribution in [0, 0.1) is 0 Å². The molecule has 0 heterocycles. The van der Waals surface area contributed by atoms with Crippen LogP contribution in [-0.4, -0.2) is 11.0 Å². The van der Waals surface area contributed by atoms with E-state index < -0.39 is 5.54 Å². The standard InChI is InChI=1S/C12H14ClNO2/c1-4-11(16)14-12(2,3)9-7-8(15)5-6-10(9)13/h4-7,15H,1H2,2-3H3,(H,14,16). The van der Waals surface area contributed by atoms with E-state index in [-0.39, 0.29) is 11.7 Å². The van der Waals surface area contributed by atoms with Crippen molar-refractivity contribution in [3.63, 3.8) is 0 Å². The number of phenolic OH excluding ortho intramolecular Hbond substituents is 1. The maximum atomic E-state index is 11.3. The number of hydrogen-bond donors (Lipinski definition) is 2. The van der Waals surface area contributed by atoms with Gasteiger partial charge in [-0.2, -0.15) is 0 Å². The Hall–Kier alpha value is -1.48. The van der Waals surface area contributed by atoms with Crippen molar-refractivity contribution in [2.75, 3.05) is 0 Å². The Labute approximate surface area is 99.7 Å². The molecule has 2 N–H and O–H groups in total. The molecule has 0 saturated carbocycles. The monoisotopic (exact) mass is 239 g/mol. The Morgan fingerprint density at radius 1 is 1.56 bits per heavy atom. The first-order valence-electron chi connectivity index (χ1n) is 4.80. The summed E-state index contributed by atoms with van der Waals surface area (Å²) in [7, 11) is 0. The first kappa shape index (κ1) is 12.6. The van der Waals surface area contributed by atoms with Gasteiger partial charge in [-0.1, -0.05) is 18.2 Å². The van der Waals surface area contributed by atoms with E-state index >= 15 is 0 Å². The van der Waals surface area contributed by atoms with Crippen molar-refractivity contribution in [2.45, 2.75) is 19.4 Å². The van der Waals surface area contributed by atoms with Crippen molar-refractivity contribution in [1.82, 2.24) is 5.32 Å². The zero-order valence-electron chi connectivity index (χ0n) is 9.25. The zero-order valence-corrected chi connectivity index (χ0v) is 10.0. The summed E-state index contributed by atoms with van der Waals surface area (Å²) in [5, 5.41) is 12.6. The molecule has 0 aliphatic carbocycles. The van der Waals surface area contributed by atoms with Gasteiger partial charge in [-0.05, 0) is 43.7 Å². The lowest BCUT2D eigenvalue weighted by molar-refractivity contribution is -0.118. The van der Waals surface area contributed by atoms with Crippen LogP contribution >= 0.6 is 11.6 Å². The Balaban J connectivity index is 3.10. The van der Waals surface area contributed by atoms with Gasteiger partial charge in [-0.3, -0.25) is 4.79 Å². The second-order valence-electron chi connectivity index (χ2n) is 3.98. The number of rotatable bonds is 3. The summed E-state index contributed by atoms with van der Waals surface area (Å²) in [4.78, 5) is 11.3. The first-order chi connectivity index (χ1) is 7.36. The van der Waals surface area contributed by atoms with Gasteiger partial charge in [-0.15, -0.1) is 0 Å². The van der Waals surface area contributed by atoms with E-state index in [1.54, 1.807) is 19.9 Å². The number of hydrogen-bond acceptors (Lipinski definition) is 2. The van der Waals surface area contributed by atoms with Crippen molar-refractivity contribution in [1.29, 1.82) is 0 Å². The molecule has 0 bridgehead atoms. The molecule has 4 heteroatoms. The quantitative estimate of drug-likeness (QED) is 0.797. The second kappa shape index (κ2) is 4.58. The van der Waals surface area contributed by atoms with Crippen LogP contribution in [0.4, 0.5) is 0 Å². The van der Waals surface area contributed by atoms with Crippen LogP contribution in [0.3, 0.4) is 0 Å². The largest absolute Gasteiger partial charge is 0.508 e. The van der Waals surface area contributed by atoms with E-state index in [4.69, 9.17) is 11.6 Å². The van der Waals surface area contributed by atoms with Crippen molar-refractivity contribution in [2.24, 2.45) is 0 Å². The van der Waals surface area contributed by atoms with Crippen LogP contribution in [0.5, 0.6) is 5.75 Å². The SMILES string of the molecule is C=CC(=O)NC(C)(C)c1cc(O)ccc1Cl. The van der Waals surface area contributed by atoms with E-state index in [0.29, 0.717) is 10.6 Å². The average Bonchev–Trinajstić information content (AvgIpc) is 2.20. The summed E-state index contributed by atoms with van der Waals surface area (Å²) in [6.07, 6.45) is 1.19. The fourth-order valence-electron chi connectivity index (χ4n) is 1.42. The number of phenols is 1. The minimum atomic E-state index is -0.666. The highest BCUT2D eigenvalue weighted by molar-refractivity contribution is 6.31. The van der Waals surface area contributed by atoms with E-state index in [9.17, 15) is 9.90 Å². The summed E-state index contributed by atoms with van der Waals surface area (Å²) in [6.45, 7) is 6.99. The Morgan fingerprint density at radius 3 is 2.75 bits per heavy atom. The Morgan fingerprint density at radius 2 is 2.19 bits per heavy atom. The molecule has 1 aromatic rings. The highest BCUT2D eigenvalue weighted by atomic mass is 35.5. The number of amides is 1. The van der Waals surface area contributed by atoms with Crippen LogP contribution in [0.2, 0.25) is 5.02 Å². The summed E-state index contributed by atoms with van der Waals surface area (Å²) in [6, 6.07) is 4.62. The topological polar surface area (TPSA) is 49.3 Å². The summed E-state index contributed by atoms with van der Waals surface area (Å²) in [5.74, 6) is -0.176. The molecule has 1 amide bonds. The van der Waals surface area contributed by atoms with Crippen molar-refractivity contribution >= 4 is 17.5 Å². The van der Waals surface area contributed by atoms with Gasteiger partial charge in [0, 0.05) is 5.02 Å². The lowest BCUT2D eigenvalue weighted by Crippen LogP contribution is -2.40. The van der Waals surface area contributed by atoms with Gasteiger partial charge in [0.25, 0.3) is 0 Å². The molecular weight excluding hydrogens is 226 g/mol. The third kappa shape index (κ3) is 2.76. The normalized spacial score (nSPS) is 10.9. The van der Waals surface area contributed by atoms with Gasteiger partial charge in [0.05, 0.1) is 5.54 Å². The van der Waals surface area contributed by atoms with Crippen LogP contribution < -0.4 is 5.32 Å². The third-order valence-corrected chi connectivity index (χ3v) is 2.57. The van der Waals surface area contributed by atoms with Crippen LogP contribution in [-0.2, 0) is 10.3 Å². The van der Waals surface area contributed by atoms with Gasteiger partial charge < -0.3 is 10.4 Å². The molecule has 16 heavy (non-hydrogen) atoms. The molecule has 0 radical (unpaired) electrons. The second-order valence-corrected chi connectivity index (χ2v) is 4.39. The van der Waals surface area contributed by atoms with E-state index in [0.717, 1.165) is 0 Å². The maximum Gasteiger partial charge on any atom is 0.244 e. The molecule has 0 unspecified atom stereocenters. The number of halogens is 1. The van der Waals surface area contributed by atoms with E-state index in [2.05, 4.69) is 11.9 Å². The fourth-order valence-corrected chi connectivity index (χ4v) is 1.77. The fraction of sp³-hybridized carbons (Fsp3) is 0.250. The molecule has 3 nitrogen and oxygen atoms in total. The lowest BCUT2D eigenvalue weighted by atomic mass is 9.94. The molecule has 0 fully saturated rings. The summed E-state index contributed by atoms with van der Waals surface area (Å²) < 4.78 is 0. The number of aromatic hydroxyl groups is 1. The highest BCUT2D eigenvalue weighted by Gasteiger charge is 2.24. The van der Waals surface area contributed by atoms with Crippen molar-refractivity contribution in [3.05, 3.63) is 41.4 Å². The molecule has 0 saturated heterocycles. The molecule has 0 aliphatic heterocycles. The number of nitrogens with one attached hydrogen (secondary N) is 1. The van der Waals surface area contributed by atoms with E-state index in [1.165, 1.54) is 18.2 Å². The maximum absolute atomic E-state index is 11.3. The minimum absolute atomic E-state index is 0.111. The molecular formula is C12H14ClNO2. The molecule has 0 atom stereocenters. The lowest BCUT2D eigenvalue weighted by Gasteiger charge is -2.27. The summed E-state index contributed by atoms with van der Waals surface area (Å²) in [5.41, 5.74) is -0.00876. The number of benzene rings is 1. The highest BCUT2D eigenvalue weighted by Crippen LogP contribution is 2.30. The van der Waals surface area contributed by atoms with Crippen LogP contribution in [0.25, 0.3) is 0 Å². The van der Waals surface area contributed by atoms with Gasteiger partial charge in [0.15, 0.2) is 0 Å². The molecule has 1 rings (SSSR count). The first-order valence-corrected chi connectivity index (χ1v) is 5.18. The Bertz CT molecular complexity index is 427. The molecule has 1 aromatic carbocycles. The van der Waals surface area contributed by atoms with Crippen molar-refractivity contribution in [3.8, 4) is 5.75 Å². The summed E-state index contributed by atoms with van der Waals surface area (Å²) >= 11 is 6.02. The van der Waals surface area contributed by atoms with Gasteiger partial charge in [0.2, 0.25) is 5.91 Å². The molecule has 0 aromatic heterocycles. The Kier molecular flexibility index (Phi) is 3.60. The van der Waals surface area contributed by atoms with Gasteiger partial charge in [-0.25, -0.2) is 0 Å².